The van der Waals surface area contributed by atoms with Crippen LogP contribution in [-0.2, 0) is 0 Å². The van der Waals surface area contributed by atoms with E-state index in [2.05, 4.69) is 42.4 Å². The van der Waals surface area contributed by atoms with Crippen molar-refractivity contribution in [3.63, 3.8) is 0 Å². The number of nitrogens with zero attached hydrogens (tertiary/aromatic N) is 3. The fourth-order valence-electron chi connectivity index (χ4n) is 4.98. The Morgan fingerprint density at radius 1 is 0.913 bits per heavy atom. The topological polar surface area (TPSA) is 9.72 Å². The Labute approximate surface area is 144 Å². The van der Waals surface area contributed by atoms with Crippen LogP contribution in [-0.4, -0.2) is 73.1 Å². The van der Waals surface area contributed by atoms with Crippen molar-refractivity contribution in [1.29, 1.82) is 0 Å². The maximum atomic E-state index is 2.80. The van der Waals surface area contributed by atoms with Crippen molar-refractivity contribution in [2.75, 3.05) is 52.4 Å². The fraction of sp³-hybridized carbons (Fsp3) is 1.00. The third-order valence-electron chi connectivity index (χ3n) is 6.38. The summed E-state index contributed by atoms with van der Waals surface area (Å²) in [5.74, 6) is 1.80. The van der Waals surface area contributed by atoms with Crippen LogP contribution in [0.3, 0.4) is 0 Å². The monoisotopic (exact) mass is 321 g/mol. The van der Waals surface area contributed by atoms with Crippen LogP contribution in [0.1, 0.15) is 53.4 Å². The van der Waals surface area contributed by atoms with Crippen molar-refractivity contribution in [2.24, 2.45) is 17.3 Å². The first-order chi connectivity index (χ1) is 11.0. The summed E-state index contributed by atoms with van der Waals surface area (Å²) in [7, 11) is 0. The van der Waals surface area contributed by atoms with E-state index in [1.807, 2.05) is 0 Å². The van der Waals surface area contributed by atoms with Crippen molar-refractivity contribution >= 4 is 0 Å². The Balaban J connectivity index is 1.37. The van der Waals surface area contributed by atoms with Crippen molar-refractivity contribution in [3.8, 4) is 0 Å². The first kappa shape index (κ1) is 17.7. The molecule has 0 aromatic carbocycles. The second-order valence-electron chi connectivity index (χ2n) is 9.42. The van der Waals surface area contributed by atoms with E-state index < -0.39 is 0 Å². The highest BCUT2D eigenvalue weighted by atomic mass is 15.3. The molecule has 2 aliphatic heterocycles. The van der Waals surface area contributed by atoms with E-state index in [4.69, 9.17) is 0 Å². The van der Waals surface area contributed by atoms with E-state index >= 15 is 0 Å². The van der Waals surface area contributed by atoms with Crippen LogP contribution in [0.5, 0.6) is 0 Å². The lowest BCUT2D eigenvalue weighted by Crippen LogP contribution is -2.50. The molecule has 3 rings (SSSR count). The van der Waals surface area contributed by atoms with Crippen molar-refractivity contribution in [3.05, 3.63) is 0 Å². The molecule has 3 heteroatoms. The first-order valence-electron chi connectivity index (χ1n) is 10.1. The maximum absolute atomic E-state index is 2.80. The van der Waals surface area contributed by atoms with Gasteiger partial charge in [-0.05, 0) is 63.3 Å². The second kappa shape index (κ2) is 7.41. The van der Waals surface area contributed by atoms with Gasteiger partial charge < -0.3 is 9.80 Å². The van der Waals surface area contributed by atoms with Gasteiger partial charge in [-0.2, -0.15) is 0 Å². The summed E-state index contributed by atoms with van der Waals surface area (Å²) in [6, 6.07) is 0.717. The van der Waals surface area contributed by atoms with Gasteiger partial charge in [0.05, 0.1) is 0 Å². The zero-order valence-corrected chi connectivity index (χ0v) is 16.1. The molecule has 0 aromatic heterocycles. The van der Waals surface area contributed by atoms with Gasteiger partial charge in [-0.25, -0.2) is 0 Å². The lowest BCUT2D eigenvalue weighted by atomic mass is 9.94. The Bertz CT molecular complexity index is 367. The molecular formula is C20H39N3. The fourth-order valence-corrected chi connectivity index (χ4v) is 4.98. The lowest BCUT2D eigenvalue weighted by molar-refractivity contribution is 0.0967. The lowest BCUT2D eigenvalue weighted by Gasteiger charge is -2.38. The summed E-state index contributed by atoms with van der Waals surface area (Å²) < 4.78 is 0. The Kier molecular flexibility index (Phi) is 5.70. The number of piperazine rings is 1. The van der Waals surface area contributed by atoms with E-state index in [1.54, 1.807) is 0 Å². The molecule has 0 N–H and O–H groups in total. The minimum absolute atomic E-state index is 0.714. The average molecular weight is 322 g/mol. The first-order valence-corrected chi connectivity index (χ1v) is 10.1. The van der Waals surface area contributed by atoms with Gasteiger partial charge in [0.15, 0.2) is 0 Å². The smallest absolute Gasteiger partial charge is 0.0113 e. The van der Waals surface area contributed by atoms with Gasteiger partial charge in [-0.1, -0.05) is 13.8 Å². The molecule has 1 aliphatic carbocycles. The molecule has 0 radical (unpaired) electrons. The normalized spacial score (nSPS) is 29.7. The largest absolute Gasteiger partial charge is 0.302 e. The molecule has 0 aromatic rings. The van der Waals surface area contributed by atoms with Gasteiger partial charge in [-0.15, -0.1) is 0 Å². The van der Waals surface area contributed by atoms with Crippen molar-refractivity contribution in [1.82, 2.24) is 14.7 Å². The molecule has 3 aliphatic rings. The molecule has 134 valence electrons. The Hall–Kier alpha value is -0.120. The van der Waals surface area contributed by atoms with Crippen LogP contribution in [0.15, 0.2) is 0 Å². The van der Waals surface area contributed by atoms with Gasteiger partial charge >= 0.3 is 0 Å². The quantitative estimate of drug-likeness (QED) is 0.713. The molecule has 1 saturated carbocycles. The van der Waals surface area contributed by atoms with E-state index in [-0.39, 0.29) is 0 Å². The standard InChI is InChI=1S/C20H39N3/c1-17(2)13-20(6-7-20)16-22-8-5-19(15-22)14-21-9-11-23(12-10-21)18(3)4/h17-19H,5-16H2,1-4H3. The second-order valence-corrected chi connectivity index (χ2v) is 9.42. The molecule has 0 amide bonds. The highest BCUT2D eigenvalue weighted by Gasteiger charge is 2.44. The SMILES string of the molecule is CC(C)CC1(CN2CCC(CN3CCN(C(C)C)CC3)C2)CC1. The van der Waals surface area contributed by atoms with E-state index in [0.717, 1.165) is 17.9 Å². The summed E-state index contributed by atoms with van der Waals surface area (Å²) in [5, 5.41) is 0. The van der Waals surface area contributed by atoms with Gasteiger partial charge in [-0.3, -0.25) is 4.90 Å². The molecule has 1 unspecified atom stereocenters. The van der Waals surface area contributed by atoms with Crippen LogP contribution in [0.4, 0.5) is 0 Å². The zero-order chi connectivity index (χ0) is 16.4. The summed E-state index contributed by atoms with van der Waals surface area (Å²) in [6.45, 7) is 20.0. The maximum Gasteiger partial charge on any atom is 0.0113 e. The van der Waals surface area contributed by atoms with Crippen LogP contribution >= 0.6 is 0 Å². The molecule has 0 bridgehead atoms. The number of hydrogen-bond donors (Lipinski definition) is 0. The summed E-state index contributed by atoms with van der Waals surface area (Å²) in [5.41, 5.74) is 0.714. The minimum atomic E-state index is 0.714. The minimum Gasteiger partial charge on any atom is -0.302 e. The summed E-state index contributed by atoms with van der Waals surface area (Å²) in [6.07, 6.45) is 5.86. The molecule has 2 saturated heterocycles. The predicted molar refractivity (Wildman–Crippen MR) is 98.8 cm³/mol. The van der Waals surface area contributed by atoms with E-state index in [9.17, 15) is 0 Å². The van der Waals surface area contributed by atoms with Crippen LogP contribution in [0.2, 0.25) is 0 Å². The Morgan fingerprint density at radius 3 is 2.17 bits per heavy atom. The molecule has 3 nitrogen and oxygen atoms in total. The van der Waals surface area contributed by atoms with Crippen molar-refractivity contribution in [2.45, 2.75) is 59.4 Å². The molecular weight excluding hydrogens is 282 g/mol. The highest BCUT2D eigenvalue weighted by Crippen LogP contribution is 2.51. The van der Waals surface area contributed by atoms with Gasteiger partial charge in [0.2, 0.25) is 0 Å². The van der Waals surface area contributed by atoms with Gasteiger partial charge in [0.1, 0.15) is 0 Å². The molecule has 23 heavy (non-hydrogen) atoms. The molecule has 0 spiro atoms. The predicted octanol–water partition coefficient (Wildman–Crippen LogP) is 3.16. The highest BCUT2D eigenvalue weighted by molar-refractivity contribution is 4.97. The third kappa shape index (κ3) is 4.93. The Morgan fingerprint density at radius 2 is 1.61 bits per heavy atom. The molecule has 3 fully saturated rings. The van der Waals surface area contributed by atoms with Crippen molar-refractivity contribution < 1.29 is 0 Å². The zero-order valence-electron chi connectivity index (χ0n) is 16.1. The number of rotatable bonds is 7. The van der Waals surface area contributed by atoms with Crippen LogP contribution in [0, 0.1) is 17.3 Å². The van der Waals surface area contributed by atoms with Crippen LogP contribution < -0.4 is 0 Å². The van der Waals surface area contributed by atoms with E-state index in [1.165, 1.54) is 78.0 Å². The molecule has 2 heterocycles. The average Bonchev–Trinajstić information content (AvgIpc) is 3.08. The summed E-state index contributed by atoms with van der Waals surface area (Å²) in [4.78, 5) is 8.15. The number of likely N-dealkylation sites (tertiary alicyclic amines) is 1. The molecule has 1 atom stereocenters. The van der Waals surface area contributed by atoms with Crippen LogP contribution in [0.25, 0.3) is 0 Å². The number of hydrogen-bond acceptors (Lipinski definition) is 3. The van der Waals surface area contributed by atoms with Gasteiger partial charge in [0, 0.05) is 51.9 Å². The summed E-state index contributed by atoms with van der Waals surface area (Å²) >= 11 is 0. The van der Waals surface area contributed by atoms with E-state index in [0.29, 0.717) is 5.41 Å². The third-order valence-corrected chi connectivity index (χ3v) is 6.38. The van der Waals surface area contributed by atoms with Gasteiger partial charge in [0.25, 0.3) is 0 Å².